The quantitative estimate of drug-likeness (QED) is 0.243. The molecule has 5 nitrogen and oxygen atoms in total. The topological polar surface area (TPSA) is 58.3 Å². The molecule has 176 valence electrons. The van der Waals surface area contributed by atoms with E-state index in [0.29, 0.717) is 28.8 Å². The summed E-state index contributed by atoms with van der Waals surface area (Å²) in [6, 6.07) is 10.4. The van der Waals surface area contributed by atoms with Gasteiger partial charge >= 0.3 is 6.18 Å². The monoisotopic (exact) mass is 502 g/mol. The van der Waals surface area contributed by atoms with E-state index in [9.17, 15) is 22.0 Å². The maximum atomic E-state index is 14.1. The second kappa shape index (κ2) is 8.70. The van der Waals surface area contributed by atoms with Crippen molar-refractivity contribution < 1.29 is 26.6 Å². The lowest BCUT2D eigenvalue weighted by Crippen LogP contribution is -2.37. The minimum absolute atomic E-state index is 0.00876. The zero-order valence-electron chi connectivity index (χ0n) is 17.6. The number of imidazole rings is 1. The number of rotatable bonds is 4. The molecule has 0 radical (unpaired) electrons. The fraction of sp³-hybridized carbons (Fsp3) is 0.0833. The predicted octanol–water partition coefficient (Wildman–Crippen LogP) is 5.97. The summed E-state index contributed by atoms with van der Waals surface area (Å²) in [6.07, 6.45) is 0.258. The molecule has 35 heavy (non-hydrogen) atoms. The van der Waals surface area contributed by atoms with Crippen molar-refractivity contribution >= 4 is 22.6 Å². The van der Waals surface area contributed by atoms with Crippen LogP contribution in [0.15, 0.2) is 67.1 Å². The lowest BCUT2D eigenvalue weighted by molar-refractivity contribution is -0.745. The number of benzene rings is 2. The largest absolute Gasteiger partial charge is 0.416 e. The van der Waals surface area contributed by atoms with Crippen LogP contribution < -0.4 is 4.68 Å². The zero-order chi connectivity index (χ0) is 24.7. The maximum Gasteiger partial charge on any atom is 0.416 e. The summed E-state index contributed by atoms with van der Waals surface area (Å²) in [6.45, 7) is 0.326. The molecule has 0 aliphatic carbocycles. The number of alkyl halides is 3. The Bertz CT molecular complexity index is 1550. The summed E-state index contributed by atoms with van der Waals surface area (Å²) < 4.78 is 67.9. The average Bonchev–Trinajstić information content (AvgIpc) is 3.24. The van der Waals surface area contributed by atoms with Crippen molar-refractivity contribution in [2.75, 3.05) is 0 Å². The Morgan fingerprint density at radius 2 is 1.80 bits per heavy atom. The standard InChI is InChI=1S/C24H13ClF5N5/c25-17-8-14(24(28,29)30)5-6-15(17)19-7-4-13(9-31-19)11-35-12-21-20(10-32-35)33-23(34-21)16-2-1-3-18(26)22(16)27/h1-10,12H,11H2/p+1. The van der Waals surface area contributed by atoms with Gasteiger partial charge in [-0.05, 0) is 41.5 Å². The van der Waals surface area contributed by atoms with Crippen LogP contribution in [0, 0.1) is 11.6 Å². The fourth-order valence-electron chi connectivity index (χ4n) is 3.57. The number of aromatic amines is 1. The Labute approximate surface area is 199 Å². The molecule has 0 spiro atoms. The zero-order valence-corrected chi connectivity index (χ0v) is 18.4. The third-order valence-corrected chi connectivity index (χ3v) is 5.63. The molecule has 2 aromatic carbocycles. The molecule has 0 fully saturated rings. The van der Waals surface area contributed by atoms with Crippen molar-refractivity contribution in [2.45, 2.75) is 12.7 Å². The van der Waals surface area contributed by atoms with E-state index in [2.05, 4.69) is 20.1 Å². The highest BCUT2D eigenvalue weighted by Gasteiger charge is 2.31. The number of H-pyrrole nitrogens is 1. The van der Waals surface area contributed by atoms with Crippen LogP contribution in [0.3, 0.4) is 0 Å². The molecule has 3 aromatic heterocycles. The first-order chi connectivity index (χ1) is 16.7. The summed E-state index contributed by atoms with van der Waals surface area (Å²) in [5, 5.41) is 4.24. The van der Waals surface area contributed by atoms with E-state index in [1.165, 1.54) is 24.4 Å². The van der Waals surface area contributed by atoms with Crippen LogP contribution in [-0.2, 0) is 12.7 Å². The van der Waals surface area contributed by atoms with E-state index in [4.69, 9.17) is 11.6 Å². The van der Waals surface area contributed by atoms with Crippen molar-refractivity contribution in [3.8, 4) is 22.6 Å². The lowest BCUT2D eigenvalue weighted by Gasteiger charge is -2.09. The summed E-state index contributed by atoms with van der Waals surface area (Å²) in [5.74, 6) is -1.78. The normalized spacial score (nSPS) is 11.8. The van der Waals surface area contributed by atoms with Crippen molar-refractivity contribution in [2.24, 2.45) is 0 Å². The van der Waals surface area contributed by atoms with Gasteiger partial charge in [-0.25, -0.2) is 13.8 Å². The van der Waals surface area contributed by atoms with E-state index >= 15 is 0 Å². The number of aromatic nitrogens is 5. The Morgan fingerprint density at radius 1 is 0.971 bits per heavy atom. The van der Waals surface area contributed by atoms with Crippen molar-refractivity contribution in [1.82, 2.24) is 20.1 Å². The second-order valence-corrected chi connectivity index (χ2v) is 8.11. The molecule has 11 heteroatoms. The SMILES string of the molecule is Fc1cccc(-c2nc3cn[n+](Cc4ccc(-c5ccc(C(F)(F)F)cc5Cl)nc4)cc3[nH]2)c1F. The van der Waals surface area contributed by atoms with Crippen LogP contribution in [-0.4, -0.2) is 20.1 Å². The van der Waals surface area contributed by atoms with Crippen molar-refractivity contribution in [1.29, 1.82) is 0 Å². The fourth-order valence-corrected chi connectivity index (χ4v) is 3.85. The number of hydrogen-bond acceptors (Lipinski definition) is 3. The number of hydrogen-bond donors (Lipinski definition) is 1. The maximum absolute atomic E-state index is 14.1. The third-order valence-electron chi connectivity index (χ3n) is 5.32. The molecule has 0 atom stereocenters. The minimum atomic E-state index is -4.48. The van der Waals surface area contributed by atoms with E-state index in [1.54, 1.807) is 29.2 Å². The molecule has 3 heterocycles. The van der Waals surface area contributed by atoms with Crippen LogP contribution in [0.25, 0.3) is 33.7 Å². The van der Waals surface area contributed by atoms with Gasteiger partial charge in [0.05, 0.1) is 21.8 Å². The van der Waals surface area contributed by atoms with Crippen molar-refractivity contribution in [3.05, 3.63) is 94.9 Å². The van der Waals surface area contributed by atoms with E-state index in [1.807, 2.05) is 0 Å². The number of pyridine rings is 1. The smallest absolute Gasteiger partial charge is 0.333 e. The molecule has 1 N–H and O–H groups in total. The summed E-state index contributed by atoms with van der Waals surface area (Å²) in [7, 11) is 0. The first-order valence-corrected chi connectivity index (χ1v) is 10.6. The van der Waals surface area contributed by atoms with Gasteiger partial charge in [0.15, 0.2) is 11.6 Å². The number of fused-ring (bicyclic) bond motifs is 1. The Balaban J connectivity index is 1.37. The van der Waals surface area contributed by atoms with Gasteiger partial charge in [0.2, 0.25) is 12.7 Å². The molecule has 0 saturated heterocycles. The summed E-state index contributed by atoms with van der Waals surface area (Å²) in [5.41, 5.74) is 1.80. The van der Waals surface area contributed by atoms with Gasteiger partial charge < -0.3 is 4.98 Å². The van der Waals surface area contributed by atoms with E-state index < -0.39 is 23.4 Å². The van der Waals surface area contributed by atoms with E-state index in [0.717, 1.165) is 23.8 Å². The molecular formula is C24H14ClF5N5+. The van der Waals surface area contributed by atoms with Crippen LogP contribution in [0.2, 0.25) is 5.02 Å². The molecule has 0 unspecified atom stereocenters. The van der Waals surface area contributed by atoms with Crippen LogP contribution >= 0.6 is 11.6 Å². The molecular weight excluding hydrogens is 489 g/mol. The van der Waals surface area contributed by atoms with Gasteiger partial charge in [-0.1, -0.05) is 28.4 Å². The van der Waals surface area contributed by atoms with Gasteiger partial charge in [-0.15, -0.1) is 0 Å². The highest BCUT2D eigenvalue weighted by atomic mass is 35.5. The number of nitrogens with zero attached hydrogens (tertiary/aromatic N) is 4. The summed E-state index contributed by atoms with van der Waals surface area (Å²) >= 11 is 6.05. The molecule has 0 saturated carbocycles. The Kier molecular flexibility index (Phi) is 5.68. The molecule has 5 aromatic rings. The van der Waals surface area contributed by atoms with Gasteiger partial charge in [0.25, 0.3) is 0 Å². The number of nitrogens with one attached hydrogen (secondary N) is 1. The predicted molar refractivity (Wildman–Crippen MR) is 118 cm³/mol. The highest BCUT2D eigenvalue weighted by Crippen LogP contribution is 2.35. The second-order valence-electron chi connectivity index (χ2n) is 7.70. The molecule has 0 amide bonds. The first-order valence-electron chi connectivity index (χ1n) is 10.2. The van der Waals surface area contributed by atoms with Crippen LogP contribution in [0.5, 0.6) is 0 Å². The highest BCUT2D eigenvalue weighted by molar-refractivity contribution is 6.33. The van der Waals surface area contributed by atoms with Crippen LogP contribution in [0.4, 0.5) is 22.0 Å². The van der Waals surface area contributed by atoms with Crippen LogP contribution in [0.1, 0.15) is 11.1 Å². The Morgan fingerprint density at radius 3 is 2.51 bits per heavy atom. The molecule has 5 rings (SSSR count). The molecule has 0 aliphatic heterocycles. The van der Waals surface area contributed by atoms with E-state index in [-0.39, 0.29) is 16.4 Å². The van der Waals surface area contributed by atoms with Gasteiger partial charge in [0, 0.05) is 17.3 Å². The Hall–Kier alpha value is -3.92. The average molecular weight is 503 g/mol. The van der Waals surface area contributed by atoms with Gasteiger partial charge in [-0.3, -0.25) is 4.98 Å². The third kappa shape index (κ3) is 4.57. The van der Waals surface area contributed by atoms with Gasteiger partial charge in [0.1, 0.15) is 23.1 Å². The minimum Gasteiger partial charge on any atom is -0.333 e. The van der Waals surface area contributed by atoms with Crippen molar-refractivity contribution in [3.63, 3.8) is 0 Å². The molecule has 0 aliphatic rings. The number of halogens is 6. The molecule has 0 bridgehead atoms. The summed E-state index contributed by atoms with van der Waals surface area (Å²) in [4.78, 5) is 11.6. The lowest BCUT2D eigenvalue weighted by atomic mass is 10.1. The van der Waals surface area contributed by atoms with Gasteiger partial charge in [-0.2, -0.15) is 13.2 Å². The first kappa shape index (κ1) is 22.9.